The van der Waals surface area contributed by atoms with Gasteiger partial charge in [-0.1, -0.05) is 31.7 Å². The van der Waals surface area contributed by atoms with E-state index in [9.17, 15) is 14.7 Å². The monoisotopic (exact) mass is 506 g/mol. The standard InChI is InChI=1S/C29H34N2O6/c1-3-17-36-23-9-5-21(6-10-23)26-25(27(32)22-7-11-24(12-8-22)37-18-4-2)28(33)29(34)31(26)14-13-30-15-19-35-20-16-30/h4-12,26,32H,2-3,13-20H2,1H3/b27-25+/t26-/m0/s1. The number of carbonyl (C=O) groups excluding carboxylic acids is 2. The normalized spacial score (nSPS) is 19.7. The van der Waals surface area contributed by atoms with Crippen LogP contribution in [0.2, 0.25) is 0 Å². The van der Waals surface area contributed by atoms with Crippen molar-refractivity contribution in [2.75, 3.05) is 52.6 Å². The van der Waals surface area contributed by atoms with E-state index in [0.29, 0.717) is 56.6 Å². The van der Waals surface area contributed by atoms with Gasteiger partial charge < -0.3 is 24.2 Å². The van der Waals surface area contributed by atoms with Gasteiger partial charge in [0, 0.05) is 31.7 Å². The number of ketones is 1. The second kappa shape index (κ2) is 12.6. The molecule has 8 nitrogen and oxygen atoms in total. The number of aliphatic hydroxyl groups excluding tert-OH is 1. The minimum absolute atomic E-state index is 0.0777. The van der Waals surface area contributed by atoms with Crippen molar-refractivity contribution in [1.29, 1.82) is 0 Å². The lowest BCUT2D eigenvalue weighted by Gasteiger charge is -2.31. The number of hydrogen-bond donors (Lipinski definition) is 1. The molecule has 4 rings (SSSR count). The van der Waals surface area contributed by atoms with Gasteiger partial charge >= 0.3 is 0 Å². The molecule has 0 bridgehead atoms. The first kappa shape index (κ1) is 26.4. The smallest absolute Gasteiger partial charge is 0.295 e. The van der Waals surface area contributed by atoms with Gasteiger partial charge in [0.1, 0.15) is 23.9 Å². The molecule has 2 heterocycles. The summed E-state index contributed by atoms with van der Waals surface area (Å²) >= 11 is 0. The minimum atomic E-state index is -0.710. The number of amides is 1. The third kappa shape index (κ3) is 6.21. The summed E-state index contributed by atoms with van der Waals surface area (Å²) in [6.45, 7) is 10.4. The molecule has 196 valence electrons. The lowest BCUT2D eigenvalue weighted by atomic mass is 9.95. The molecule has 2 saturated heterocycles. The van der Waals surface area contributed by atoms with Crippen molar-refractivity contribution >= 4 is 17.4 Å². The molecule has 2 aromatic rings. The molecular formula is C29H34N2O6. The van der Waals surface area contributed by atoms with E-state index in [1.54, 1.807) is 35.2 Å². The van der Waals surface area contributed by atoms with E-state index in [2.05, 4.69) is 11.5 Å². The van der Waals surface area contributed by atoms with Gasteiger partial charge in [-0.15, -0.1) is 0 Å². The van der Waals surface area contributed by atoms with Gasteiger partial charge in [0.2, 0.25) is 0 Å². The largest absolute Gasteiger partial charge is 0.507 e. The fourth-order valence-corrected chi connectivity index (χ4v) is 4.52. The van der Waals surface area contributed by atoms with E-state index in [-0.39, 0.29) is 11.3 Å². The van der Waals surface area contributed by atoms with Crippen LogP contribution in [0.15, 0.2) is 66.8 Å². The van der Waals surface area contributed by atoms with Crippen LogP contribution in [-0.4, -0.2) is 79.2 Å². The topological polar surface area (TPSA) is 88.5 Å². The number of rotatable bonds is 11. The summed E-state index contributed by atoms with van der Waals surface area (Å²) in [5.41, 5.74) is 1.25. The van der Waals surface area contributed by atoms with Crippen LogP contribution in [0.3, 0.4) is 0 Å². The Labute approximate surface area is 217 Å². The van der Waals surface area contributed by atoms with E-state index < -0.39 is 17.7 Å². The van der Waals surface area contributed by atoms with Gasteiger partial charge in [0.05, 0.1) is 31.4 Å². The third-order valence-electron chi connectivity index (χ3n) is 6.47. The number of aliphatic hydroxyl groups is 1. The summed E-state index contributed by atoms with van der Waals surface area (Å²) in [6, 6.07) is 13.4. The van der Waals surface area contributed by atoms with E-state index in [0.717, 1.165) is 25.1 Å². The highest BCUT2D eigenvalue weighted by molar-refractivity contribution is 6.46. The highest BCUT2D eigenvalue weighted by Gasteiger charge is 2.46. The molecule has 1 amide bonds. The number of carbonyl (C=O) groups is 2. The highest BCUT2D eigenvalue weighted by Crippen LogP contribution is 2.40. The Morgan fingerprint density at radius 1 is 1.03 bits per heavy atom. The van der Waals surface area contributed by atoms with Crippen molar-refractivity contribution in [3.8, 4) is 11.5 Å². The number of Topliss-reactive ketones (excluding diaryl/α,β-unsaturated/α-hetero) is 1. The van der Waals surface area contributed by atoms with Gasteiger partial charge in [0.15, 0.2) is 0 Å². The first-order valence-electron chi connectivity index (χ1n) is 12.7. The molecule has 0 unspecified atom stereocenters. The number of hydrogen-bond acceptors (Lipinski definition) is 7. The number of benzene rings is 2. The molecule has 37 heavy (non-hydrogen) atoms. The van der Waals surface area contributed by atoms with Crippen molar-refractivity contribution in [2.24, 2.45) is 0 Å². The molecule has 0 saturated carbocycles. The van der Waals surface area contributed by atoms with E-state index in [1.807, 2.05) is 31.2 Å². The van der Waals surface area contributed by atoms with Crippen LogP contribution in [0, 0.1) is 0 Å². The average Bonchev–Trinajstić information content (AvgIpc) is 3.19. The number of likely N-dealkylation sites (tertiary alicyclic amines) is 1. The Bertz CT molecular complexity index is 1120. The van der Waals surface area contributed by atoms with Crippen LogP contribution in [-0.2, 0) is 14.3 Å². The second-order valence-electron chi connectivity index (χ2n) is 8.99. The number of morpholine rings is 1. The van der Waals surface area contributed by atoms with Gasteiger partial charge in [-0.2, -0.15) is 0 Å². The quantitative estimate of drug-likeness (QED) is 0.215. The Balaban J connectivity index is 1.67. The first-order chi connectivity index (χ1) is 18.0. The summed E-state index contributed by atoms with van der Waals surface area (Å²) in [6.07, 6.45) is 2.53. The Hall–Kier alpha value is -3.62. The van der Waals surface area contributed by atoms with Crippen molar-refractivity contribution in [3.05, 3.63) is 77.9 Å². The highest BCUT2D eigenvalue weighted by atomic mass is 16.5. The zero-order chi connectivity index (χ0) is 26.2. The van der Waals surface area contributed by atoms with Crippen LogP contribution >= 0.6 is 0 Å². The fourth-order valence-electron chi connectivity index (χ4n) is 4.52. The molecule has 2 aliphatic heterocycles. The molecular weight excluding hydrogens is 472 g/mol. The third-order valence-corrected chi connectivity index (χ3v) is 6.47. The SMILES string of the molecule is C=CCOc1ccc(/C(O)=C2\C(=O)C(=O)N(CCN3CCOCC3)[C@H]2c2ccc(OCCC)cc2)cc1. The molecule has 0 aromatic heterocycles. The van der Waals surface area contributed by atoms with Crippen molar-refractivity contribution in [2.45, 2.75) is 19.4 Å². The Morgan fingerprint density at radius 2 is 1.68 bits per heavy atom. The van der Waals surface area contributed by atoms with Crippen molar-refractivity contribution in [1.82, 2.24) is 9.80 Å². The summed E-state index contributed by atoms with van der Waals surface area (Å²) in [4.78, 5) is 30.3. The summed E-state index contributed by atoms with van der Waals surface area (Å²) in [7, 11) is 0. The minimum Gasteiger partial charge on any atom is -0.507 e. The average molecular weight is 507 g/mol. The van der Waals surface area contributed by atoms with Gasteiger partial charge in [-0.05, 0) is 48.4 Å². The van der Waals surface area contributed by atoms with E-state index >= 15 is 0 Å². The van der Waals surface area contributed by atoms with E-state index in [4.69, 9.17) is 14.2 Å². The molecule has 1 atom stereocenters. The molecule has 0 radical (unpaired) electrons. The molecule has 2 fully saturated rings. The van der Waals surface area contributed by atoms with Crippen LogP contribution in [0.25, 0.3) is 5.76 Å². The molecule has 0 aliphatic carbocycles. The predicted molar refractivity (Wildman–Crippen MR) is 141 cm³/mol. The lowest BCUT2D eigenvalue weighted by molar-refractivity contribution is -0.140. The molecule has 2 aromatic carbocycles. The summed E-state index contributed by atoms with van der Waals surface area (Å²) in [5, 5.41) is 11.3. The van der Waals surface area contributed by atoms with Crippen LogP contribution < -0.4 is 9.47 Å². The zero-order valence-electron chi connectivity index (χ0n) is 21.2. The Kier molecular flexibility index (Phi) is 8.98. The van der Waals surface area contributed by atoms with Gasteiger partial charge in [0.25, 0.3) is 11.7 Å². The molecule has 0 spiro atoms. The predicted octanol–water partition coefficient (Wildman–Crippen LogP) is 3.79. The van der Waals surface area contributed by atoms with Gasteiger partial charge in [-0.3, -0.25) is 14.5 Å². The number of ether oxygens (including phenoxy) is 3. The van der Waals surface area contributed by atoms with Crippen LogP contribution in [0.4, 0.5) is 0 Å². The second-order valence-corrected chi connectivity index (χ2v) is 8.99. The summed E-state index contributed by atoms with van der Waals surface area (Å²) in [5.74, 6) is -0.189. The van der Waals surface area contributed by atoms with E-state index in [1.165, 1.54) is 0 Å². The van der Waals surface area contributed by atoms with Crippen molar-refractivity contribution in [3.63, 3.8) is 0 Å². The molecule has 1 N–H and O–H groups in total. The van der Waals surface area contributed by atoms with Gasteiger partial charge in [-0.25, -0.2) is 0 Å². The lowest BCUT2D eigenvalue weighted by Crippen LogP contribution is -2.42. The Morgan fingerprint density at radius 3 is 2.32 bits per heavy atom. The maximum absolute atomic E-state index is 13.3. The first-order valence-corrected chi connectivity index (χ1v) is 12.7. The maximum Gasteiger partial charge on any atom is 0.295 e. The van der Waals surface area contributed by atoms with Crippen LogP contribution in [0.5, 0.6) is 11.5 Å². The van der Waals surface area contributed by atoms with Crippen LogP contribution in [0.1, 0.15) is 30.5 Å². The summed E-state index contributed by atoms with van der Waals surface area (Å²) < 4.78 is 16.6. The maximum atomic E-state index is 13.3. The molecule has 2 aliphatic rings. The fraction of sp³-hybridized carbons (Fsp3) is 0.379. The number of nitrogens with zero attached hydrogens (tertiary/aromatic N) is 2. The van der Waals surface area contributed by atoms with Crippen molar-refractivity contribution < 1.29 is 28.9 Å². The zero-order valence-corrected chi connectivity index (χ0v) is 21.2. The molecule has 8 heteroatoms.